The molecule has 2 heterocycles. The SMILES string of the molecule is CCOC(=O)N1CCC(Nc2ccnc(Nc3ccc(CC)cc3)n2)CC1. The van der Waals surface area contributed by atoms with Crippen LogP contribution in [-0.4, -0.2) is 46.7 Å². The first-order valence-corrected chi connectivity index (χ1v) is 9.55. The van der Waals surface area contributed by atoms with E-state index in [0.29, 0.717) is 25.6 Å². The van der Waals surface area contributed by atoms with Crippen LogP contribution in [0.2, 0.25) is 0 Å². The Bertz CT molecular complexity index is 742. The number of amides is 1. The molecule has 3 rings (SSSR count). The number of ether oxygens (including phenoxy) is 1. The third-order valence-corrected chi connectivity index (χ3v) is 4.65. The van der Waals surface area contributed by atoms with Crippen molar-refractivity contribution in [1.82, 2.24) is 14.9 Å². The predicted octanol–water partition coefficient (Wildman–Crippen LogP) is 3.82. The van der Waals surface area contributed by atoms with Crippen molar-refractivity contribution in [1.29, 1.82) is 0 Å². The Morgan fingerprint density at radius 1 is 1.19 bits per heavy atom. The van der Waals surface area contributed by atoms with E-state index in [1.54, 1.807) is 11.1 Å². The third-order valence-electron chi connectivity index (χ3n) is 4.65. The fourth-order valence-corrected chi connectivity index (χ4v) is 3.08. The molecule has 7 heteroatoms. The summed E-state index contributed by atoms with van der Waals surface area (Å²) in [6.45, 7) is 5.75. The number of carbonyl (C=O) groups is 1. The molecule has 1 aliphatic heterocycles. The number of likely N-dealkylation sites (tertiary alicyclic amines) is 1. The van der Waals surface area contributed by atoms with Crippen LogP contribution in [0.3, 0.4) is 0 Å². The lowest BCUT2D eigenvalue weighted by molar-refractivity contribution is 0.0983. The maximum Gasteiger partial charge on any atom is 0.409 e. The van der Waals surface area contributed by atoms with Crippen LogP contribution in [0.15, 0.2) is 36.5 Å². The van der Waals surface area contributed by atoms with Crippen LogP contribution in [0.5, 0.6) is 0 Å². The number of rotatable bonds is 6. The van der Waals surface area contributed by atoms with Crippen molar-refractivity contribution < 1.29 is 9.53 Å². The lowest BCUT2D eigenvalue weighted by Crippen LogP contribution is -2.42. The molecule has 1 aliphatic rings. The number of hydrogen-bond acceptors (Lipinski definition) is 6. The van der Waals surface area contributed by atoms with Crippen molar-refractivity contribution >= 4 is 23.5 Å². The molecule has 0 atom stereocenters. The van der Waals surface area contributed by atoms with E-state index in [2.05, 4.69) is 39.7 Å². The largest absolute Gasteiger partial charge is 0.450 e. The zero-order valence-corrected chi connectivity index (χ0v) is 15.9. The lowest BCUT2D eigenvalue weighted by Gasteiger charge is -2.31. The van der Waals surface area contributed by atoms with Crippen LogP contribution < -0.4 is 10.6 Å². The molecule has 2 N–H and O–H groups in total. The number of piperidine rings is 1. The maximum atomic E-state index is 11.8. The highest BCUT2D eigenvalue weighted by Gasteiger charge is 2.23. The molecule has 0 unspecified atom stereocenters. The number of aryl methyl sites for hydroxylation is 1. The number of carbonyl (C=O) groups excluding carboxylic acids is 1. The monoisotopic (exact) mass is 369 g/mol. The molecule has 1 aromatic heterocycles. The first-order valence-electron chi connectivity index (χ1n) is 9.55. The standard InChI is InChI=1S/C20H27N5O2/c1-3-15-5-7-16(8-6-15)23-19-21-12-9-18(24-19)22-17-10-13-25(14-11-17)20(26)27-4-2/h5-9,12,17H,3-4,10-11,13-14H2,1-2H3,(H2,21,22,23,24). The van der Waals surface area contributed by atoms with Gasteiger partial charge in [0.05, 0.1) is 6.61 Å². The second-order valence-electron chi connectivity index (χ2n) is 6.55. The number of hydrogen-bond donors (Lipinski definition) is 2. The molecule has 0 saturated carbocycles. The first kappa shape index (κ1) is 18.9. The highest BCUT2D eigenvalue weighted by molar-refractivity contribution is 5.67. The predicted molar refractivity (Wildman–Crippen MR) is 106 cm³/mol. The second-order valence-corrected chi connectivity index (χ2v) is 6.55. The molecule has 27 heavy (non-hydrogen) atoms. The number of benzene rings is 1. The van der Waals surface area contributed by atoms with Gasteiger partial charge in [0.1, 0.15) is 5.82 Å². The van der Waals surface area contributed by atoms with Gasteiger partial charge in [-0.1, -0.05) is 19.1 Å². The quantitative estimate of drug-likeness (QED) is 0.806. The fourth-order valence-electron chi connectivity index (χ4n) is 3.08. The number of nitrogens with one attached hydrogen (secondary N) is 2. The lowest BCUT2D eigenvalue weighted by atomic mass is 10.1. The summed E-state index contributed by atoms with van der Waals surface area (Å²) in [7, 11) is 0. The van der Waals surface area contributed by atoms with E-state index in [1.165, 1.54) is 5.56 Å². The second kappa shape index (κ2) is 9.21. The Kier molecular flexibility index (Phi) is 6.46. The summed E-state index contributed by atoms with van der Waals surface area (Å²) in [5.74, 6) is 1.35. The summed E-state index contributed by atoms with van der Waals surface area (Å²) in [6.07, 6.45) is 4.27. The summed E-state index contributed by atoms with van der Waals surface area (Å²) >= 11 is 0. The Hall–Kier alpha value is -2.83. The molecule has 0 spiro atoms. The van der Waals surface area contributed by atoms with E-state index < -0.39 is 0 Å². The Morgan fingerprint density at radius 2 is 1.93 bits per heavy atom. The van der Waals surface area contributed by atoms with Crippen LogP contribution in [-0.2, 0) is 11.2 Å². The fraction of sp³-hybridized carbons (Fsp3) is 0.450. The zero-order chi connectivity index (χ0) is 19.1. The average Bonchev–Trinajstić information content (AvgIpc) is 2.70. The molecule has 0 aliphatic carbocycles. The van der Waals surface area contributed by atoms with E-state index in [9.17, 15) is 4.79 Å². The smallest absolute Gasteiger partial charge is 0.409 e. The van der Waals surface area contributed by atoms with Crippen molar-refractivity contribution in [3.8, 4) is 0 Å². The van der Waals surface area contributed by atoms with E-state index in [-0.39, 0.29) is 12.1 Å². The molecule has 0 bridgehead atoms. The Morgan fingerprint density at radius 3 is 2.59 bits per heavy atom. The van der Waals surface area contributed by atoms with Gasteiger partial charge in [-0.2, -0.15) is 4.98 Å². The number of nitrogens with zero attached hydrogens (tertiary/aromatic N) is 3. The topological polar surface area (TPSA) is 79.4 Å². The minimum Gasteiger partial charge on any atom is -0.450 e. The van der Waals surface area contributed by atoms with Gasteiger partial charge in [0, 0.05) is 31.0 Å². The van der Waals surface area contributed by atoms with Crippen molar-refractivity contribution in [2.24, 2.45) is 0 Å². The van der Waals surface area contributed by atoms with Gasteiger partial charge in [-0.05, 0) is 49.9 Å². The van der Waals surface area contributed by atoms with Gasteiger partial charge < -0.3 is 20.3 Å². The molecule has 144 valence electrons. The van der Waals surface area contributed by atoms with Gasteiger partial charge in [0.15, 0.2) is 0 Å². The van der Waals surface area contributed by atoms with Crippen LogP contribution in [0.4, 0.5) is 22.2 Å². The molecule has 1 amide bonds. The zero-order valence-electron chi connectivity index (χ0n) is 15.9. The Labute approximate surface area is 160 Å². The summed E-state index contributed by atoms with van der Waals surface area (Å²) in [5, 5.41) is 6.68. The van der Waals surface area contributed by atoms with Crippen LogP contribution in [0.25, 0.3) is 0 Å². The molecule has 2 aromatic rings. The van der Waals surface area contributed by atoms with Crippen molar-refractivity contribution in [2.75, 3.05) is 30.3 Å². The van der Waals surface area contributed by atoms with E-state index in [4.69, 9.17) is 4.74 Å². The van der Waals surface area contributed by atoms with Gasteiger partial charge >= 0.3 is 6.09 Å². The summed E-state index contributed by atoms with van der Waals surface area (Å²) in [6, 6.07) is 10.4. The van der Waals surface area contributed by atoms with E-state index in [1.807, 2.05) is 25.1 Å². The average molecular weight is 369 g/mol. The highest BCUT2D eigenvalue weighted by atomic mass is 16.6. The summed E-state index contributed by atoms with van der Waals surface area (Å²) in [5.41, 5.74) is 2.26. The van der Waals surface area contributed by atoms with Crippen molar-refractivity contribution in [2.45, 2.75) is 39.2 Å². The van der Waals surface area contributed by atoms with E-state index in [0.717, 1.165) is 30.8 Å². The van der Waals surface area contributed by atoms with Crippen LogP contribution in [0.1, 0.15) is 32.3 Å². The van der Waals surface area contributed by atoms with Gasteiger partial charge in [0.2, 0.25) is 5.95 Å². The number of aromatic nitrogens is 2. The molecular formula is C20H27N5O2. The van der Waals surface area contributed by atoms with Gasteiger partial charge in [-0.25, -0.2) is 9.78 Å². The highest BCUT2D eigenvalue weighted by Crippen LogP contribution is 2.18. The maximum absolute atomic E-state index is 11.8. The minimum absolute atomic E-state index is 0.224. The van der Waals surface area contributed by atoms with Crippen molar-refractivity contribution in [3.63, 3.8) is 0 Å². The summed E-state index contributed by atoms with van der Waals surface area (Å²) in [4.78, 5) is 22.4. The minimum atomic E-state index is -0.224. The normalized spacial score (nSPS) is 14.7. The Balaban J connectivity index is 1.54. The van der Waals surface area contributed by atoms with Gasteiger partial charge in [-0.15, -0.1) is 0 Å². The van der Waals surface area contributed by atoms with Gasteiger partial charge in [-0.3, -0.25) is 0 Å². The molecule has 1 saturated heterocycles. The van der Waals surface area contributed by atoms with Crippen LogP contribution >= 0.6 is 0 Å². The van der Waals surface area contributed by atoms with Gasteiger partial charge in [0.25, 0.3) is 0 Å². The van der Waals surface area contributed by atoms with E-state index >= 15 is 0 Å². The first-order chi connectivity index (χ1) is 13.2. The molecule has 0 radical (unpaired) electrons. The summed E-state index contributed by atoms with van der Waals surface area (Å²) < 4.78 is 5.06. The molecule has 1 aromatic carbocycles. The molecule has 1 fully saturated rings. The molecular weight excluding hydrogens is 342 g/mol. The number of anilines is 3. The third kappa shape index (κ3) is 5.32. The van der Waals surface area contributed by atoms with Crippen molar-refractivity contribution in [3.05, 3.63) is 42.1 Å². The molecule has 7 nitrogen and oxygen atoms in total. The van der Waals surface area contributed by atoms with Crippen LogP contribution in [0, 0.1) is 0 Å².